The highest BCUT2D eigenvalue weighted by Gasteiger charge is 2.04. The Morgan fingerprint density at radius 3 is 2.80 bits per heavy atom. The van der Waals surface area contributed by atoms with Crippen LogP contribution in [0.1, 0.15) is 11.5 Å². The van der Waals surface area contributed by atoms with Gasteiger partial charge in [0, 0.05) is 18.0 Å². The third kappa shape index (κ3) is 4.82. The Bertz CT molecular complexity index is 299. The van der Waals surface area contributed by atoms with Gasteiger partial charge in [0.1, 0.15) is 11.0 Å². The Hall–Kier alpha value is -0.320. The summed E-state index contributed by atoms with van der Waals surface area (Å²) in [6.07, 6.45) is 2.11. The minimum absolute atomic E-state index is 0.524. The monoisotopic (exact) mass is 245 g/mol. The van der Waals surface area contributed by atoms with Crippen LogP contribution in [0.4, 0.5) is 0 Å². The van der Waals surface area contributed by atoms with Gasteiger partial charge in [0.2, 0.25) is 0 Å². The van der Waals surface area contributed by atoms with Gasteiger partial charge in [-0.1, -0.05) is 11.6 Å². The van der Waals surface area contributed by atoms with Gasteiger partial charge in [-0.2, -0.15) is 11.8 Å². The second-order valence-corrected chi connectivity index (χ2v) is 4.85. The molecule has 0 saturated carbocycles. The van der Waals surface area contributed by atoms with Crippen LogP contribution in [0.15, 0.2) is 6.07 Å². The predicted octanol–water partition coefficient (Wildman–Crippen LogP) is 2.23. The molecular formula is C10H16ClN3S. The minimum Gasteiger partial charge on any atom is -0.298 e. The van der Waals surface area contributed by atoms with Gasteiger partial charge in [-0.25, -0.2) is 9.97 Å². The molecule has 1 aromatic heterocycles. The van der Waals surface area contributed by atoms with E-state index in [0.717, 1.165) is 30.4 Å². The number of aryl methyl sites for hydroxylation is 1. The highest BCUT2D eigenvalue weighted by atomic mass is 35.5. The molecule has 0 bridgehead atoms. The third-order valence-corrected chi connectivity index (χ3v) is 2.74. The van der Waals surface area contributed by atoms with E-state index in [-0.39, 0.29) is 0 Å². The molecule has 0 saturated heterocycles. The van der Waals surface area contributed by atoms with Crippen LogP contribution >= 0.6 is 23.4 Å². The first-order chi connectivity index (χ1) is 7.11. The number of halogens is 1. The summed E-state index contributed by atoms with van der Waals surface area (Å²) in [5.41, 5.74) is 0.920. The van der Waals surface area contributed by atoms with E-state index in [4.69, 9.17) is 11.6 Å². The molecule has 0 aliphatic carbocycles. The van der Waals surface area contributed by atoms with Crippen molar-refractivity contribution in [2.24, 2.45) is 0 Å². The highest BCUT2D eigenvalue weighted by molar-refractivity contribution is 7.98. The molecule has 0 atom stereocenters. The average Bonchev–Trinajstić information content (AvgIpc) is 2.13. The fourth-order valence-corrected chi connectivity index (χ4v) is 1.98. The number of hydrogen-bond donors (Lipinski definition) is 0. The summed E-state index contributed by atoms with van der Waals surface area (Å²) in [6.45, 7) is 3.72. The van der Waals surface area contributed by atoms with Crippen LogP contribution in [0.3, 0.4) is 0 Å². The molecule has 15 heavy (non-hydrogen) atoms. The molecule has 0 radical (unpaired) electrons. The first kappa shape index (κ1) is 12.7. The van der Waals surface area contributed by atoms with Gasteiger partial charge in [-0.3, -0.25) is 4.90 Å². The van der Waals surface area contributed by atoms with Gasteiger partial charge < -0.3 is 0 Å². The van der Waals surface area contributed by atoms with E-state index in [1.807, 2.05) is 18.7 Å². The van der Waals surface area contributed by atoms with Crippen molar-refractivity contribution in [2.75, 3.05) is 25.6 Å². The van der Waals surface area contributed by atoms with Crippen molar-refractivity contribution in [3.8, 4) is 0 Å². The number of rotatable bonds is 5. The van der Waals surface area contributed by atoms with Gasteiger partial charge in [0.15, 0.2) is 0 Å². The van der Waals surface area contributed by atoms with Crippen LogP contribution in [0.5, 0.6) is 0 Å². The first-order valence-corrected chi connectivity index (χ1v) is 6.56. The van der Waals surface area contributed by atoms with Crippen LogP contribution in [-0.4, -0.2) is 40.5 Å². The zero-order chi connectivity index (χ0) is 11.3. The molecule has 0 unspecified atom stereocenters. The van der Waals surface area contributed by atoms with Crippen LogP contribution in [-0.2, 0) is 6.54 Å². The van der Waals surface area contributed by atoms with Crippen LogP contribution in [0.25, 0.3) is 0 Å². The molecule has 0 N–H and O–H groups in total. The predicted molar refractivity (Wildman–Crippen MR) is 66.5 cm³/mol. The molecule has 84 valence electrons. The standard InChI is InChI=1S/C10H16ClN3S/c1-8-6-9(11)13-10(12-8)7-14(2)4-5-15-3/h6H,4-5,7H2,1-3H3. The van der Waals surface area contributed by atoms with E-state index in [9.17, 15) is 0 Å². The molecule has 0 amide bonds. The van der Waals surface area contributed by atoms with E-state index >= 15 is 0 Å². The van der Waals surface area contributed by atoms with E-state index in [1.165, 1.54) is 0 Å². The zero-order valence-electron chi connectivity index (χ0n) is 9.33. The summed E-state index contributed by atoms with van der Waals surface area (Å²) >= 11 is 7.70. The maximum atomic E-state index is 5.86. The summed E-state index contributed by atoms with van der Waals surface area (Å²) < 4.78 is 0. The molecule has 0 aromatic carbocycles. The van der Waals surface area contributed by atoms with E-state index in [0.29, 0.717) is 5.15 Å². The molecule has 1 heterocycles. The Morgan fingerprint density at radius 2 is 2.20 bits per heavy atom. The van der Waals surface area contributed by atoms with Crippen LogP contribution in [0.2, 0.25) is 5.15 Å². The maximum absolute atomic E-state index is 5.86. The summed E-state index contributed by atoms with van der Waals surface area (Å²) in [5, 5.41) is 0.524. The van der Waals surface area contributed by atoms with Crippen molar-refractivity contribution in [1.29, 1.82) is 0 Å². The zero-order valence-corrected chi connectivity index (χ0v) is 10.9. The number of hydrogen-bond acceptors (Lipinski definition) is 4. The molecule has 0 aliphatic rings. The fraction of sp³-hybridized carbons (Fsp3) is 0.600. The van der Waals surface area contributed by atoms with Crippen LogP contribution in [0, 0.1) is 6.92 Å². The van der Waals surface area contributed by atoms with Gasteiger partial charge >= 0.3 is 0 Å². The number of aromatic nitrogens is 2. The average molecular weight is 246 g/mol. The van der Waals surface area contributed by atoms with E-state index in [1.54, 1.807) is 6.07 Å². The van der Waals surface area contributed by atoms with Gasteiger partial charge in [-0.05, 0) is 26.3 Å². The lowest BCUT2D eigenvalue weighted by Gasteiger charge is -2.14. The van der Waals surface area contributed by atoms with Crippen LogP contribution < -0.4 is 0 Å². The van der Waals surface area contributed by atoms with Crippen molar-refractivity contribution in [3.05, 3.63) is 22.7 Å². The smallest absolute Gasteiger partial charge is 0.144 e. The lowest BCUT2D eigenvalue weighted by Crippen LogP contribution is -2.22. The number of nitrogens with zero attached hydrogens (tertiary/aromatic N) is 3. The highest BCUT2D eigenvalue weighted by Crippen LogP contribution is 2.07. The summed E-state index contributed by atoms with van der Waals surface area (Å²) in [7, 11) is 2.07. The Labute approximate surface area is 100 Å². The molecule has 0 aliphatic heterocycles. The molecule has 1 aromatic rings. The second-order valence-electron chi connectivity index (χ2n) is 3.48. The quantitative estimate of drug-likeness (QED) is 0.744. The van der Waals surface area contributed by atoms with E-state index in [2.05, 4.69) is 28.2 Å². The number of thioether (sulfide) groups is 1. The maximum Gasteiger partial charge on any atom is 0.144 e. The lowest BCUT2D eigenvalue weighted by molar-refractivity contribution is 0.339. The molecule has 3 nitrogen and oxygen atoms in total. The van der Waals surface area contributed by atoms with Gasteiger partial charge in [0.05, 0.1) is 6.54 Å². The van der Waals surface area contributed by atoms with Crippen molar-refractivity contribution < 1.29 is 0 Å². The molecular weight excluding hydrogens is 230 g/mol. The Kier molecular flexibility index (Phi) is 5.36. The van der Waals surface area contributed by atoms with Crippen molar-refractivity contribution in [2.45, 2.75) is 13.5 Å². The minimum atomic E-state index is 0.524. The topological polar surface area (TPSA) is 29.0 Å². The van der Waals surface area contributed by atoms with Crippen molar-refractivity contribution in [3.63, 3.8) is 0 Å². The summed E-state index contributed by atoms with van der Waals surface area (Å²) in [4.78, 5) is 10.7. The Morgan fingerprint density at radius 1 is 1.47 bits per heavy atom. The molecule has 0 fully saturated rings. The van der Waals surface area contributed by atoms with Crippen molar-refractivity contribution in [1.82, 2.24) is 14.9 Å². The summed E-state index contributed by atoms with van der Waals surface area (Å²) in [6, 6.07) is 1.77. The second kappa shape index (κ2) is 6.30. The largest absolute Gasteiger partial charge is 0.298 e. The lowest BCUT2D eigenvalue weighted by atomic mass is 10.4. The first-order valence-electron chi connectivity index (χ1n) is 4.79. The fourth-order valence-electron chi connectivity index (χ4n) is 1.23. The molecule has 0 spiro atoms. The van der Waals surface area contributed by atoms with Gasteiger partial charge in [-0.15, -0.1) is 0 Å². The van der Waals surface area contributed by atoms with Gasteiger partial charge in [0.25, 0.3) is 0 Å². The van der Waals surface area contributed by atoms with E-state index < -0.39 is 0 Å². The molecule has 5 heteroatoms. The normalized spacial score (nSPS) is 11.0. The third-order valence-electron chi connectivity index (χ3n) is 1.96. The van der Waals surface area contributed by atoms with Crippen molar-refractivity contribution >= 4 is 23.4 Å². The Balaban J connectivity index is 2.56. The summed E-state index contributed by atoms with van der Waals surface area (Å²) in [5.74, 6) is 1.92. The molecule has 1 rings (SSSR count). The SMILES string of the molecule is CSCCN(C)Cc1nc(C)cc(Cl)n1.